The second-order valence-corrected chi connectivity index (χ2v) is 8.97. The first-order chi connectivity index (χ1) is 14.0. The molecule has 10 heteroatoms. The van der Waals surface area contributed by atoms with E-state index >= 15 is 0 Å². The molecule has 0 aromatic carbocycles. The summed E-state index contributed by atoms with van der Waals surface area (Å²) in [6.45, 7) is 2.53. The smallest absolute Gasteiger partial charge is 0.397 e. The zero-order valence-electron chi connectivity index (χ0n) is 16.6. The van der Waals surface area contributed by atoms with Crippen molar-refractivity contribution in [2.24, 2.45) is 23.7 Å². The molecule has 1 saturated heterocycles. The van der Waals surface area contributed by atoms with E-state index in [4.69, 9.17) is 9.47 Å². The number of ether oxygens (including phenoxy) is 2. The number of hydrogen-bond donors (Lipinski definition) is 0. The van der Waals surface area contributed by atoms with Gasteiger partial charge in [0.2, 0.25) is 0 Å². The number of halogens is 7. The van der Waals surface area contributed by atoms with Crippen LogP contribution in [0.15, 0.2) is 0 Å². The summed E-state index contributed by atoms with van der Waals surface area (Å²) in [5, 5.41) is 0. The summed E-state index contributed by atoms with van der Waals surface area (Å²) in [5.41, 5.74) is 0. The Balaban J connectivity index is 1.56. The first kappa shape index (κ1) is 23.6. The maximum absolute atomic E-state index is 14.7. The number of carbonyl (C=O) groups is 1. The molecule has 0 aromatic heterocycles. The summed E-state index contributed by atoms with van der Waals surface area (Å²) < 4.78 is 106. The highest BCUT2D eigenvalue weighted by atomic mass is 19.4. The summed E-state index contributed by atoms with van der Waals surface area (Å²) in [7, 11) is 0. The van der Waals surface area contributed by atoms with Crippen LogP contribution < -0.4 is 0 Å². The molecule has 3 rings (SSSR count). The summed E-state index contributed by atoms with van der Waals surface area (Å²) in [6, 6.07) is 0. The van der Waals surface area contributed by atoms with Gasteiger partial charge in [-0.2, -0.15) is 13.2 Å². The van der Waals surface area contributed by atoms with Gasteiger partial charge in [0.1, 0.15) is 42.6 Å². The highest BCUT2D eigenvalue weighted by molar-refractivity contribution is 5.74. The Hall–Kier alpha value is -1.06. The molecule has 3 fully saturated rings. The Morgan fingerprint density at radius 2 is 1.47 bits per heavy atom. The Morgan fingerprint density at radius 3 is 1.93 bits per heavy atom. The highest BCUT2D eigenvalue weighted by Crippen LogP contribution is 2.43. The molecule has 0 radical (unpaired) electrons. The maximum Gasteiger partial charge on any atom is 0.397 e. The van der Waals surface area contributed by atoms with Crippen LogP contribution in [0.1, 0.15) is 45.4 Å². The van der Waals surface area contributed by atoms with E-state index in [9.17, 15) is 35.5 Å². The normalized spacial score (nSPS) is 45.7. The standard InChI is InChI=1S/C20H27F7O3/c1-9-2-3-16(29-8-9)10-4-12(21)17(13(22)5-10)19(28)30-11-6-14(23)18(15(24)7-11)20(25,26)27/h9-18H,2-8H2,1H3. The first-order valence-electron chi connectivity index (χ1n) is 10.4. The maximum atomic E-state index is 14.7. The molecule has 0 bridgehead atoms. The average Bonchev–Trinajstić information content (AvgIpc) is 2.59. The third-order valence-corrected chi connectivity index (χ3v) is 6.59. The number of alkyl halides is 7. The molecule has 1 heterocycles. The van der Waals surface area contributed by atoms with Crippen molar-refractivity contribution in [3.63, 3.8) is 0 Å². The molecule has 30 heavy (non-hydrogen) atoms. The average molecular weight is 448 g/mol. The summed E-state index contributed by atoms with van der Waals surface area (Å²) in [6.07, 6.45) is -16.1. The van der Waals surface area contributed by atoms with Crippen molar-refractivity contribution in [2.75, 3.05) is 6.61 Å². The van der Waals surface area contributed by atoms with Gasteiger partial charge in [-0.15, -0.1) is 0 Å². The fraction of sp³-hybridized carbons (Fsp3) is 0.950. The first-order valence-corrected chi connectivity index (χ1v) is 10.4. The van der Waals surface area contributed by atoms with Gasteiger partial charge in [-0.05, 0) is 37.5 Å². The zero-order chi connectivity index (χ0) is 22.2. The van der Waals surface area contributed by atoms with Crippen molar-refractivity contribution in [3.05, 3.63) is 0 Å². The fourth-order valence-electron chi connectivity index (χ4n) is 4.94. The molecule has 2 aliphatic carbocycles. The van der Waals surface area contributed by atoms with Crippen molar-refractivity contribution in [1.29, 1.82) is 0 Å². The Kier molecular flexibility index (Phi) is 7.24. The van der Waals surface area contributed by atoms with Crippen molar-refractivity contribution in [2.45, 2.75) is 88.5 Å². The van der Waals surface area contributed by atoms with Gasteiger partial charge in [-0.25, -0.2) is 17.6 Å². The number of carbonyl (C=O) groups excluding carboxylic acids is 1. The summed E-state index contributed by atoms with van der Waals surface area (Å²) >= 11 is 0. The van der Waals surface area contributed by atoms with E-state index in [1.54, 1.807) is 0 Å². The van der Waals surface area contributed by atoms with Crippen LogP contribution in [0.4, 0.5) is 30.7 Å². The predicted octanol–water partition coefficient (Wildman–Crippen LogP) is 5.06. The van der Waals surface area contributed by atoms with E-state index in [0.717, 1.165) is 6.42 Å². The van der Waals surface area contributed by atoms with Crippen molar-refractivity contribution in [3.8, 4) is 0 Å². The minimum atomic E-state index is -5.06. The molecule has 6 unspecified atom stereocenters. The van der Waals surface area contributed by atoms with Gasteiger partial charge in [0.15, 0.2) is 0 Å². The van der Waals surface area contributed by atoms with E-state index in [1.165, 1.54) is 0 Å². The highest BCUT2D eigenvalue weighted by Gasteiger charge is 2.55. The molecule has 174 valence electrons. The lowest BCUT2D eigenvalue weighted by atomic mass is 9.75. The molecule has 3 nitrogen and oxygen atoms in total. The third kappa shape index (κ3) is 5.22. The zero-order valence-corrected chi connectivity index (χ0v) is 16.6. The summed E-state index contributed by atoms with van der Waals surface area (Å²) in [5.74, 6) is -5.84. The molecule has 0 aromatic rings. The van der Waals surface area contributed by atoms with Crippen LogP contribution in [0.2, 0.25) is 0 Å². The molecule has 0 amide bonds. The minimum Gasteiger partial charge on any atom is -0.462 e. The Labute approximate surface area is 170 Å². The molecule has 6 atom stereocenters. The van der Waals surface area contributed by atoms with Gasteiger partial charge >= 0.3 is 12.1 Å². The lowest BCUT2D eigenvalue weighted by Gasteiger charge is -2.40. The van der Waals surface area contributed by atoms with Gasteiger partial charge in [-0.1, -0.05) is 6.92 Å². The van der Waals surface area contributed by atoms with E-state index in [2.05, 4.69) is 0 Å². The van der Waals surface area contributed by atoms with Gasteiger partial charge in [0.25, 0.3) is 0 Å². The van der Waals surface area contributed by atoms with E-state index < -0.39 is 67.6 Å². The molecule has 2 saturated carbocycles. The quantitative estimate of drug-likeness (QED) is 0.447. The largest absolute Gasteiger partial charge is 0.462 e. The number of rotatable bonds is 3. The van der Waals surface area contributed by atoms with Crippen molar-refractivity contribution in [1.82, 2.24) is 0 Å². The van der Waals surface area contributed by atoms with E-state index in [0.29, 0.717) is 18.9 Å². The SMILES string of the molecule is CC1CCC(C2CC(F)C(C(=O)OC3CC(F)C(C(F)(F)F)C(F)C3)C(F)C2)OC1. The Morgan fingerprint density at radius 1 is 0.900 bits per heavy atom. The van der Waals surface area contributed by atoms with Crippen molar-refractivity contribution >= 4 is 5.97 Å². The summed E-state index contributed by atoms with van der Waals surface area (Å²) in [4.78, 5) is 12.3. The molecule has 0 spiro atoms. The van der Waals surface area contributed by atoms with Crippen molar-refractivity contribution < 1.29 is 45.0 Å². The van der Waals surface area contributed by atoms with Crippen LogP contribution in [0, 0.1) is 23.7 Å². The van der Waals surface area contributed by atoms with Crippen LogP contribution in [0.5, 0.6) is 0 Å². The molecule has 1 aliphatic heterocycles. The number of hydrogen-bond acceptors (Lipinski definition) is 3. The van der Waals surface area contributed by atoms with Gasteiger partial charge in [-0.3, -0.25) is 4.79 Å². The second kappa shape index (κ2) is 9.20. The topological polar surface area (TPSA) is 35.5 Å². The van der Waals surface area contributed by atoms with E-state index in [-0.39, 0.29) is 24.9 Å². The monoisotopic (exact) mass is 448 g/mol. The van der Waals surface area contributed by atoms with Crippen LogP contribution in [-0.2, 0) is 14.3 Å². The van der Waals surface area contributed by atoms with Crippen LogP contribution in [0.3, 0.4) is 0 Å². The second-order valence-electron chi connectivity index (χ2n) is 8.97. The van der Waals surface area contributed by atoms with E-state index in [1.807, 2.05) is 6.92 Å². The molecular weight excluding hydrogens is 421 g/mol. The molecule has 0 N–H and O–H groups in total. The minimum absolute atomic E-state index is 0.0997. The number of esters is 1. The van der Waals surface area contributed by atoms with Crippen LogP contribution in [-0.4, -0.2) is 55.6 Å². The predicted molar refractivity (Wildman–Crippen MR) is 92.6 cm³/mol. The van der Waals surface area contributed by atoms with Gasteiger partial charge in [0, 0.05) is 19.4 Å². The van der Waals surface area contributed by atoms with Crippen LogP contribution in [0.25, 0.3) is 0 Å². The molecule has 3 aliphatic rings. The lowest BCUT2D eigenvalue weighted by molar-refractivity contribution is -0.224. The Bertz CT molecular complexity index is 569. The lowest BCUT2D eigenvalue weighted by Crippen LogP contribution is -2.49. The van der Waals surface area contributed by atoms with Gasteiger partial charge < -0.3 is 9.47 Å². The fourth-order valence-corrected chi connectivity index (χ4v) is 4.94. The third-order valence-electron chi connectivity index (χ3n) is 6.59. The van der Waals surface area contributed by atoms with Gasteiger partial charge in [0.05, 0.1) is 6.10 Å². The van der Waals surface area contributed by atoms with Crippen LogP contribution >= 0.6 is 0 Å². The molecular formula is C20H27F7O3.